The van der Waals surface area contributed by atoms with Crippen molar-refractivity contribution in [2.75, 3.05) is 12.3 Å². The van der Waals surface area contributed by atoms with E-state index in [1.165, 1.54) is 36.0 Å². The molecule has 1 saturated heterocycles. The van der Waals surface area contributed by atoms with Gasteiger partial charge in [-0.15, -0.1) is 0 Å². The summed E-state index contributed by atoms with van der Waals surface area (Å²) in [6.07, 6.45) is 5.94. The SMILES string of the molecule is CCNC(c1ccc2ncccc2c1)C1CCCCS1. The molecular weight excluding hydrogens is 264 g/mol. The minimum Gasteiger partial charge on any atom is -0.309 e. The van der Waals surface area contributed by atoms with Crippen LogP contribution < -0.4 is 5.32 Å². The first kappa shape index (κ1) is 13.9. The van der Waals surface area contributed by atoms with Gasteiger partial charge in [0.05, 0.1) is 5.52 Å². The van der Waals surface area contributed by atoms with Crippen molar-refractivity contribution >= 4 is 22.7 Å². The third-order valence-electron chi connectivity index (χ3n) is 4.00. The van der Waals surface area contributed by atoms with Crippen LogP contribution in [0.3, 0.4) is 0 Å². The van der Waals surface area contributed by atoms with Gasteiger partial charge in [-0.1, -0.05) is 25.5 Å². The molecule has 1 aromatic heterocycles. The zero-order valence-electron chi connectivity index (χ0n) is 12.0. The van der Waals surface area contributed by atoms with Crippen molar-refractivity contribution in [1.29, 1.82) is 0 Å². The van der Waals surface area contributed by atoms with E-state index in [2.05, 4.69) is 53.3 Å². The molecule has 1 N–H and O–H groups in total. The van der Waals surface area contributed by atoms with Gasteiger partial charge < -0.3 is 5.32 Å². The maximum Gasteiger partial charge on any atom is 0.0702 e. The number of thioether (sulfide) groups is 1. The molecule has 0 saturated carbocycles. The Bertz CT molecular complexity index is 564. The number of aromatic nitrogens is 1. The summed E-state index contributed by atoms with van der Waals surface area (Å²) in [7, 11) is 0. The summed E-state index contributed by atoms with van der Waals surface area (Å²) >= 11 is 2.13. The van der Waals surface area contributed by atoms with E-state index in [1.54, 1.807) is 0 Å². The molecule has 2 aromatic rings. The molecule has 1 fully saturated rings. The minimum atomic E-state index is 0.468. The van der Waals surface area contributed by atoms with E-state index >= 15 is 0 Å². The highest BCUT2D eigenvalue weighted by Crippen LogP contribution is 2.35. The molecule has 3 rings (SSSR count). The number of nitrogens with one attached hydrogen (secondary N) is 1. The van der Waals surface area contributed by atoms with Gasteiger partial charge in [-0.2, -0.15) is 11.8 Å². The van der Waals surface area contributed by atoms with E-state index in [0.29, 0.717) is 11.3 Å². The summed E-state index contributed by atoms with van der Waals surface area (Å²) in [5.74, 6) is 1.31. The van der Waals surface area contributed by atoms with Gasteiger partial charge in [0.15, 0.2) is 0 Å². The second-order valence-corrected chi connectivity index (χ2v) is 6.74. The van der Waals surface area contributed by atoms with Gasteiger partial charge in [0.2, 0.25) is 0 Å². The number of fused-ring (bicyclic) bond motifs is 1. The molecule has 2 unspecified atom stereocenters. The van der Waals surface area contributed by atoms with Crippen LogP contribution in [0.1, 0.15) is 37.8 Å². The number of rotatable bonds is 4. The molecule has 2 nitrogen and oxygen atoms in total. The van der Waals surface area contributed by atoms with Gasteiger partial charge in [0.25, 0.3) is 0 Å². The Kier molecular flexibility index (Phi) is 4.58. The summed E-state index contributed by atoms with van der Waals surface area (Å²) in [6, 6.07) is 11.4. The zero-order chi connectivity index (χ0) is 13.8. The molecular formula is C17H22N2S. The molecule has 0 aliphatic carbocycles. The molecule has 1 aromatic carbocycles. The molecule has 20 heavy (non-hydrogen) atoms. The minimum absolute atomic E-state index is 0.468. The largest absolute Gasteiger partial charge is 0.309 e. The summed E-state index contributed by atoms with van der Waals surface area (Å²) in [5.41, 5.74) is 2.49. The number of nitrogens with zero attached hydrogens (tertiary/aromatic N) is 1. The molecule has 0 bridgehead atoms. The fourth-order valence-corrected chi connectivity index (χ4v) is 4.45. The third kappa shape index (κ3) is 2.99. The molecule has 1 aliphatic heterocycles. The lowest BCUT2D eigenvalue weighted by Gasteiger charge is -2.31. The summed E-state index contributed by atoms with van der Waals surface area (Å²) in [4.78, 5) is 4.41. The first-order chi connectivity index (χ1) is 9.88. The molecule has 0 amide bonds. The molecule has 2 atom stereocenters. The highest BCUT2D eigenvalue weighted by Gasteiger charge is 2.25. The molecule has 1 aliphatic rings. The van der Waals surface area contributed by atoms with Crippen molar-refractivity contribution in [2.45, 2.75) is 37.5 Å². The predicted octanol–water partition coefficient (Wildman–Crippen LogP) is 4.17. The number of hydrogen-bond acceptors (Lipinski definition) is 3. The van der Waals surface area contributed by atoms with Crippen molar-refractivity contribution in [3.63, 3.8) is 0 Å². The zero-order valence-corrected chi connectivity index (χ0v) is 12.8. The second-order valence-electron chi connectivity index (χ2n) is 5.40. The highest BCUT2D eigenvalue weighted by atomic mass is 32.2. The third-order valence-corrected chi connectivity index (χ3v) is 5.46. The van der Waals surface area contributed by atoms with Crippen molar-refractivity contribution in [3.8, 4) is 0 Å². The van der Waals surface area contributed by atoms with E-state index in [4.69, 9.17) is 0 Å². The average molecular weight is 286 g/mol. The maximum absolute atomic E-state index is 4.41. The standard InChI is InChI=1S/C17H22N2S/c1-2-18-17(16-7-3-4-11-20-16)14-8-9-15-13(12-14)6-5-10-19-15/h5-6,8-10,12,16-18H,2-4,7,11H2,1H3. The first-order valence-electron chi connectivity index (χ1n) is 7.58. The molecule has 0 spiro atoms. The lowest BCUT2D eigenvalue weighted by molar-refractivity contribution is 0.492. The van der Waals surface area contributed by atoms with Gasteiger partial charge in [-0.05, 0) is 48.9 Å². The highest BCUT2D eigenvalue weighted by molar-refractivity contribution is 8.00. The van der Waals surface area contributed by atoms with Crippen molar-refractivity contribution in [2.24, 2.45) is 0 Å². The van der Waals surface area contributed by atoms with E-state index in [0.717, 1.165) is 12.1 Å². The van der Waals surface area contributed by atoms with Crippen molar-refractivity contribution in [3.05, 3.63) is 42.1 Å². The Morgan fingerprint density at radius 1 is 1.35 bits per heavy atom. The summed E-state index contributed by atoms with van der Waals surface area (Å²) in [6.45, 7) is 3.22. The topological polar surface area (TPSA) is 24.9 Å². The fraction of sp³-hybridized carbons (Fsp3) is 0.471. The Morgan fingerprint density at radius 3 is 3.10 bits per heavy atom. The Balaban J connectivity index is 1.91. The lowest BCUT2D eigenvalue weighted by Crippen LogP contribution is -2.31. The van der Waals surface area contributed by atoms with Crippen LogP contribution in [0, 0.1) is 0 Å². The van der Waals surface area contributed by atoms with Crippen LogP contribution in [-0.4, -0.2) is 22.5 Å². The molecule has 2 heterocycles. The molecule has 0 radical (unpaired) electrons. The number of benzene rings is 1. The van der Waals surface area contributed by atoms with E-state index in [9.17, 15) is 0 Å². The Hall–Kier alpha value is -1.06. The summed E-state index contributed by atoms with van der Waals surface area (Å²) < 4.78 is 0. The van der Waals surface area contributed by atoms with Gasteiger partial charge >= 0.3 is 0 Å². The maximum atomic E-state index is 4.41. The van der Waals surface area contributed by atoms with Crippen LogP contribution in [0.2, 0.25) is 0 Å². The monoisotopic (exact) mass is 286 g/mol. The van der Waals surface area contributed by atoms with Crippen LogP contribution in [-0.2, 0) is 0 Å². The number of hydrogen-bond donors (Lipinski definition) is 1. The lowest BCUT2D eigenvalue weighted by atomic mass is 9.98. The van der Waals surface area contributed by atoms with E-state index < -0.39 is 0 Å². The molecule has 3 heteroatoms. The van der Waals surface area contributed by atoms with Gasteiger partial charge in [-0.3, -0.25) is 4.98 Å². The quantitative estimate of drug-likeness (QED) is 0.913. The van der Waals surface area contributed by atoms with Crippen LogP contribution in [0.4, 0.5) is 0 Å². The van der Waals surface area contributed by atoms with Crippen LogP contribution in [0.15, 0.2) is 36.5 Å². The van der Waals surface area contributed by atoms with Gasteiger partial charge in [-0.25, -0.2) is 0 Å². The second kappa shape index (κ2) is 6.59. The fourth-order valence-electron chi connectivity index (χ4n) is 3.00. The van der Waals surface area contributed by atoms with Crippen LogP contribution in [0.25, 0.3) is 10.9 Å². The van der Waals surface area contributed by atoms with Crippen molar-refractivity contribution < 1.29 is 0 Å². The normalized spacial score (nSPS) is 20.9. The molecule has 106 valence electrons. The number of pyridine rings is 1. The summed E-state index contributed by atoms with van der Waals surface area (Å²) in [5, 5.41) is 5.64. The van der Waals surface area contributed by atoms with Crippen LogP contribution >= 0.6 is 11.8 Å². The Labute approximate surface area is 125 Å². The Morgan fingerprint density at radius 2 is 2.30 bits per heavy atom. The van der Waals surface area contributed by atoms with E-state index in [-0.39, 0.29) is 0 Å². The van der Waals surface area contributed by atoms with Gasteiger partial charge in [0.1, 0.15) is 0 Å². The van der Waals surface area contributed by atoms with Crippen molar-refractivity contribution in [1.82, 2.24) is 10.3 Å². The van der Waals surface area contributed by atoms with E-state index in [1.807, 2.05) is 12.3 Å². The average Bonchev–Trinajstić information content (AvgIpc) is 2.53. The first-order valence-corrected chi connectivity index (χ1v) is 8.63. The van der Waals surface area contributed by atoms with Crippen LogP contribution in [0.5, 0.6) is 0 Å². The predicted molar refractivity (Wildman–Crippen MR) is 88.3 cm³/mol. The smallest absolute Gasteiger partial charge is 0.0702 e. The van der Waals surface area contributed by atoms with Gasteiger partial charge in [0, 0.05) is 22.9 Å².